The van der Waals surface area contributed by atoms with E-state index in [1.54, 1.807) is 12.1 Å². The summed E-state index contributed by atoms with van der Waals surface area (Å²) in [5.41, 5.74) is 0.303. The molecule has 0 saturated carbocycles. The fourth-order valence-corrected chi connectivity index (χ4v) is 3.91. The SMILES string of the molecule is O=C(NSc1ccc(OC(F)(F)F)cc1)c1cc(Sc2ccccc2)ccc1Cl. The van der Waals surface area contributed by atoms with Crippen molar-refractivity contribution in [3.05, 3.63) is 83.4 Å². The lowest BCUT2D eigenvalue weighted by Gasteiger charge is -2.10. The van der Waals surface area contributed by atoms with Crippen LogP contribution in [-0.4, -0.2) is 12.3 Å². The van der Waals surface area contributed by atoms with Gasteiger partial charge in [0.2, 0.25) is 0 Å². The molecule has 3 aromatic rings. The average Bonchev–Trinajstić information content (AvgIpc) is 2.68. The fraction of sp³-hybridized carbons (Fsp3) is 0.0500. The van der Waals surface area contributed by atoms with Crippen molar-refractivity contribution in [3.8, 4) is 5.75 Å². The Morgan fingerprint density at radius 2 is 1.55 bits per heavy atom. The molecule has 3 nitrogen and oxygen atoms in total. The van der Waals surface area contributed by atoms with E-state index in [1.807, 2.05) is 36.4 Å². The minimum atomic E-state index is -4.75. The highest BCUT2D eigenvalue weighted by Gasteiger charge is 2.30. The van der Waals surface area contributed by atoms with Crippen molar-refractivity contribution in [1.82, 2.24) is 4.72 Å². The number of rotatable bonds is 6. The summed E-state index contributed by atoms with van der Waals surface area (Å²) in [7, 11) is 0. The van der Waals surface area contributed by atoms with Crippen LogP contribution >= 0.6 is 35.3 Å². The monoisotopic (exact) mass is 455 g/mol. The zero-order chi connectivity index (χ0) is 20.9. The van der Waals surface area contributed by atoms with Gasteiger partial charge >= 0.3 is 6.36 Å². The van der Waals surface area contributed by atoms with Crippen molar-refractivity contribution in [2.45, 2.75) is 21.0 Å². The molecule has 0 unspecified atom stereocenters. The second-order valence-corrected chi connectivity index (χ2v) is 8.04. The highest BCUT2D eigenvalue weighted by Crippen LogP contribution is 2.31. The Bertz CT molecular complexity index is 983. The summed E-state index contributed by atoms with van der Waals surface area (Å²) in [6, 6.07) is 20.0. The van der Waals surface area contributed by atoms with Crippen LogP contribution in [0.1, 0.15) is 10.4 Å². The largest absolute Gasteiger partial charge is 0.573 e. The number of amides is 1. The van der Waals surface area contributed by atoms with Crippen LogP contribution in [0.25, 0.3) is 0 Å². The molecule has 0 bridgehead atoms. The molecule has 0 radical (unpaired) electrons. The molecule has 0 aromatic heterocycles. The average molecular weight is 456 g/mol. The summed E-state index contributed by atoms with van der Waals surface area (Å²) >= 11 is 8.62. The van der Waals surface area contributed by atoms with E-state index in [-0.39, 0.29) is 5.75 Å². The Kier molecular flexibility index (Phi) is 7.00. The number of alkyl halides is 3. The molecule has 0 aliphatic rings. The van der Waals surface area contributed by atoms with Gasteiger partial charge in [0.15, 0.2) is 0 Å². The molecule has 0 heterocycles. The van der Waals surface area contributed by atoms with Crippen molar-refractivity contribution in [3.63, 3.8) is 0 Å². The maximum Gasteiger partial charge on any atom is 0.573 e. The molecule has 0 aliphatic heterocycles. The molecule has 0 fully saturated rings. The normalized spacial score (nSPS) is 11.2. The smallest absolute Gasteiger partial charge is 0.406 e. The number of hydrogen-bond donors (Lipinski definition) is 1. The molecule has 0 aliphatic carbocycles. The number of nitrogens with one attached hydrogen (secondary N) is 1. The highest BCUT2D eigenvalue weighted by atomic mass is 35.5. The molecule has 9 heteroatoms. The zero-order valence-electron chi connectivity index (χ0n) is 14.6. The first-order chi connectivity index (χ1) is 13.8. The lowest BCUT2D eigenvalue weighted by molar-refractivity contribution is -0.274. The van der Waals surface area contributed by atoms with Gasteiger partial charge in [-0.3, -0.25) is 9.52 Å². The van der Waals surface area contributed by atoms with Gasteiger partial charge in [-0.15, -0.1) is 13.2 Å². The van der Waals surface area contributed by atoms with Gasteiger partial charge < -0.3 is 4.74 Å². The zero-order valence-corrected chi connectivity index (χ0v) is 17.0. The molecule has 1 N–H and O–H groups in total. The lowest BCUT2D eigenvalue weighted by atomic mass is 10.2. The number of carbonyl (C=O) groups is 1. The molecular weight excluding hydrogens is 443 g/mol. The summed E-state index contributed by atoms with van der Waals surface area (Å²) < 4.78 is 43.0. The molecule has 3 aromatic carbocycles. The Morgan fingerprint density at radius 1 is 0.897 bits per heavy atom. The third-order valence-corrected chi connectivity index (χ3v) is 5.60. The summed E-state index contributed by atoms with van der Waals surface area (Å²) in [5.74, 6) is -0.743. The Hall–Kier alpha value is -2.29. The quantitative estimate of drug-likeness (QED) is 0.413. The minimum absolute atomic E-state index is 0.300. The maximum atomic E-state index is 12.5. The summed E-state index contributed by atoms with van der Waals surface area (Å²) in [6.07, 6.45) is -4.75. The van der Waals surface area contributed by atoms with Crippen molar-refractivity contribution >= 4 is 41.2 Å². The first kappa shape index (κ1) is 21.4. The van der Waals surface area contributed by atoms with Crippen LogP contribution in [-0.2, 0) is 0 Å². The lowest BCUT2D eigenvalue weighted by Crippen LogP contribution is -2.17. The van der Waals surface area contributed by atoms with Crippen LogP contribution in [0, 0.1) is 0 Å². The van der Waals surface area contributed by atoms with Gasteiger partial charge in [0.25, 0.3) is 5.91 Å². The number of ether oxygens (including phenoxy) is 1. The van der Waals surface area contributed by atoms with Crippen molar-refractivity contribution in [2.75, 3.05) is 0 Å². The predicted molar refractivity (Wildman–Crippen MR) is 108 cm³/mol. The topological polar surface area (TPSA) is 38.3 Å². The third kappa shape index (κ3) is 6.62. The van der Waals surface area contributed by atoms with Gasteiger partial charge in [-0.2, -0.15) is 0 Å². The van der Waals surface area contributed by atoms with Crippen molar-refractivity contribution < 1.29 is 22.7 Å². The first-order valence-corrected chi connectivity index (χ1v) is 10.2. The van der Waals surface area contributed by atoms with E-state index in [9.17, 15) is 18.0 Å². The summed E-state index contributed by atoms with van der Waals surface area (Å²) in [5, 5.41) is 0.300. The van der Waals surface area contributed by atoms with Crippen LogP contribution in [0.3, 0.4) is 0 Å². The van der Waals surface area contributed by atoms with Crippen LogP contribution in [0.2, 0.25) is 5.02 Å². The third-order valence-electron chi connectivity index (χ3n) is 3.48. The first-order valence-electron chi connectivity index (χ1n) is 8.15. The summed E-state index contributed by atoms with van der Waals surface area (Å²) in [6.45, 7) is 0. The molecule has 3 rings (SSSR count). The Balaban J connectivity index is 1.63. The van der Waals surface area contributed by atoms with Gasteiger partial charge in [0.05, 0.1) is 10.6 Å². The van der Waals surface area contributed by atoms with Gasteiger partial charge in [0, 0.05) is 14.7 Å². The van der Waals surface area contributed by atoms with Gasteiger partial charge in [0.1, 0.15) is 5.75 Å². The highest BCUT2D eigenvalue weighted by molar-refractivity contribution is 7.99. The van der Waals surface area contributed by atoms with Crippen LogP contribution in [0.4, 0.5) is 13.2 Å². The van der Waals surface area contributed by atoms with Crippen molar-refractivity contribution in [2.24, 2.45) is 0 Å². The van der Waals surface area contributed by atoms with Crippen LogP contribution < -0.4 is 9.46 Å². The molecule has 0 spiro atoms. The van der Waals surface area contributed by atoms with Crippen LogP contribution in [0.15, 0.2) is 87.5 Å². The minimum Gasteiger partial charge on any atom is -0.406 e. The van der Waals surface area contributed by atoms with E-state index in [2.05, 4.69) is 9.46 Å². The van der Waals surface area contributed by atoms with E-state index < -0.39 is 12.3 Å². The predicted octanol–water partition coefficient (Wildman–Crippen LogP) is 6.83. The Labute approximate surface area is 178 Å². The summed E-state index contributed by atoms with van der Waals surface area (Å²) in [4.78, 5) is 14.9. The van der Waals surface area contributed by atoms with E-state index in [0.29, 0.717) is 15.5 Å². The molecule has 0 atom stereocenters. The van der Waals surface area contributed by atoms with E-state index in [0.717, 1.165) is 21.7 Å². The van der Waals surface area contributed by atoms with Gasteiger partial charge in [-0.25, -0.2) is 0 Å². The second kappa shape index (κ2) is 9.47. The van der Waals surface area contributed by atoms with E-state index in [1.165, 1.54) is 36.0 Å². The van der Waals surface area contributed by atoms with Gasteiger partial charge in [-0.05, 0) is 66.5 Å². The second-order valence-electron chi connectivity index (χ2n) is 5.61. The number of hydrogen-bond acceptors (Lipinski definition) is 4. The standard InChI is InChI=1S/C20H13ClF3NO2S2/c21-18-11-10-16(28-14-4-2-1-3-5-14)12-17(18)19(26)25-29-15-8-6-13(7-9-15)27-20(22,23)24/h1-12H,(H,25,26). The molecular formula is C20H13ClF3NO2S2. The number of halogens is 4. The van der Waals surface area contributed by atoms with E-state index in [4.69, 9.17) is 11.6 Å². The number of carbonyl (C=O) groups excluding carboxylic acids is 1. The van der Waals surface area contributed by atoms with E-state index >= 15 is 0 Å². The Morgan fingerprint density at radius 3 is 2.21 bits per heavy atom. The van der Waals surface area contributed by atoms with Crippen molar-refractivity contribution in [1.29, 1.82) is 0 Å². The molecule has 29 heavy (non-hydrogen) atoms. The fourth-order valence-electron chi connectivity index (χ4n) is 2.24. The number of benzene rings is 3. The van der Waals surface area contributed by atoms with Crippen LogP contribution in [0.5, 0.6) is 5.75 Å². The molecule has 0 saturated heterocycles. The molecule has 1 amide bonds. The maximum absolute atomic E-state index is 12.5. The molecule has 150 valence electrons. The van der Waals surface area contributed by atoms with Gasteiger partial charge in [-0.1, -0.05) is 41.6 Å².